The lowest BCUT2D eigenvalue weighted by Gasteiger charge is -2.28. The molecule has 7 aromatic carbocycles. The van der Waals surface area contributed by atoms with Gasteiger partial charge in [0.2, 0.25) is 0 Å². The fourth-order valence-corrected chi connectivity index (χ4v) is 9.24. The minimum absolute atomic E-state index is 0.182. The topological polar surface area (TPSA) is 50.9 Å². The maximum atomic E-state index is 12.5. The second-order valence-electron chi connectivity index (χ2n) is 21.4. The molecule has 0 saturated carbocycles. The van der Waals surface area contributed by atoms with Gasteiger partial charge in [-0.3, -0.25) is 9.55 Å². The first-order valence-corrected chi connectivity index (χ1v) is 23.5. The Labute approximate surface area is 399 Å². The molecule has 9 rings (SSSR count). The minimum atomic E-state index is -0.676. The van der Waals surface area contributed by atoms with E-state index in [1.807, 2.05) is 32.2 Å². The van der Waals surface area contributed by atoms with Crippen LogP contribution in [0.2, 0.25) is 0 Å². The lowest BCUT2D eigenvalue weighted by atomic mass is 9.78. The van der Waals surface area contributed by atoms with Gasteiger partial charge in [0.15, 0.2) is 0 Å². The Morgan fingerprint density at radius 3 is 1.76 bits per heavy atom. The molecule has 9 aromatic rings. The molecule has 1 N–H and O–H groups in total. The summed E-state index contributed by atoms with van der Waals surface area (Å²) < 4.78 is 10.8. The fourth-order valence-electron chi connectivity index (χ4n) is 9.24. The molecule has 67 heavy (non-hydrogen) atoms. The number of phenols is 1. The number of aromatic nitrogens is 3. The van der Waals surface area contributed by atoms with E-state index in [2.05, 4.69) is 219 Å². The molecule has 0 aliphatic carbocycles. The van der Waals surface area contributed by atoms with Gasteiger partial charge in [0.05, 0.1) is 22.3 Å². The van der Waals surface area contributed by atoms with Gasteiger partial charge < -0.3 is 5.11 Å². The molecule has 336 valence electrons. The molecule has 4 nitrogen and oxygen atoms in total. The molecule has 0 bridgehead atoms. The van der Waals surface area contributed by atoms with Crippen LogP contribution in [0, 0.1) is 0 Å². The average Bonchev–Trinajstić information content (AvgIpc) is 3.70. The van der Waals surface area contributed by atoms with Gasteiger partial charge in [-0.15, -0.1) is 0 Å². The SMILES string of the molecule is [2H]C(C)(C)c1ccc(-c2ccnc(-c3cc(-c4ccccc4)cc(-c4cccc5c4nc(-c4cc(C(C)(C)C)cc(C(C)(C)C)c4O)n5-c4ccc(-c5ccccc5)c(C(C)(C)C)c4)c3)c2)cc1. The van der Waals surface area contributed by atoms with Crippen LogP contribution in [0.15, 0.2) is 170 Å². The molecule has 0 atom stereocenters. The standard InChI is InChI=1S/C63H63N3O/c1-40(2)41-25-27-43(28-26-41)45-31-32-64-56(36-45)48-34-46(42-19-14-12-15-20-42)33-47(35-48)52-23-18-24-57-58(52)65-60(53-37-49(61(3,4)5)38-55(59(53)67)63(9,10)11)66(57)50-29-30-51(44-21-16-13-17-22-44)54(39-50)62(6,7)8/h12-40,67H,1-11H3/i40D. The number of benzene rings is 7. The van der Waals surface area contributed by atoms with Crippen molar-refractivity contribution in [1.29, 1.82) is 0 Å². The largest absolute Gasteiger partial charge is 0.507 e. The number of imidazole rings is 1. The molecule has 0 saturated heterocycles. The maximum Gasteiger partial charge on any atom is 0.149 e. The number of para-hydroxylation sites is 1. The quantitative estimate of drug-likeness (QED) is 0.165. The number of rotatable bonds is 8. The van der Waals surface area contributed by atoms with Crippen LogP contribution in [-0.4, -0.2) is 19.6 Å². The van der Waals surface area contributed by atoms with E-state index in [0.29, 0.717) is 11.4 Å². The third-order valence-electron chi connectivity index (χ3n) is 13.1. The summed E-state index contributed by atoms with van der Waals surface area (Å²) in [6.45, 7) is 23.8. The van der Waals surface area contributed by atoms with E-state index in [9.17, 15) is 5.11 Å². The Hall–Kier alpha value is -7.04. The predicted octanol–water partition coefficient (Wildman–Crippen LogP) is 17.1. The third kappa shape index (κ3) is 8.98. The molecular formula is C63H63N3O. The van der Waals surface area contributed by atoms with Crippen molar-refractivity contribution in [3.05, 3.63) is 192 Å². The first kappa shape index (κ1) is 43.8. The summed E-state index contributed by atoms with van der Waals surface area (Å²) in [5, 5.41) is 12.5. The molecule has 2 heterocycles. The first-order chi connectivity index (χ1) is 32.1. The highest BCUT2D eigenvalue weighted by atomic mass is 16.3. The summed E-state index contributed by atoms with van der Waals surface area (Å²) in [5.74, 6) is 0.255. The summed E-state index contributed by atoms with van der Waals surface area (Å²) in [4.78, 5) is 10.6. The number of hydrogen-bond acceptors (Lipinski definition) is 3. The number of nitrogens with zero attached hydrogens (tertiary/aromatic N) is 3. The summed E-state index contributed by atoms with van der Waals surface area (Å²) >= 11 is 0. The zero-order valence-corrected chi connectivity index (χ0v) is 41.0. The minimum Gasteiger partial charge on any atom is -0.507 e. The molecule has 0 amide bonds. The van der Waals surface area contributed by atoms with Gasteiger partial charge >= 0.3 is 0 Å². The molecule has 0 unspecified atom stereocenters. The van der Waals surface area contributed by atoms with Crippen LogP contribution in [-0.2, 0) is 16.2 Å². The Bertz CT molecular complexity index is 3300. The van der Waals surface area contributed by atoms with Crippen LogP contribution in [0.4, 0.5) is 0 Å². The van der Waals surface area contributed by atoms with E-state index in [1.54, 1.807) is 0 Å². The van der Waals surface area contributed by atoms with E-state index in [-0.39, 0.29) is 22.0 Å². The van der Waals surface area contributed by atoms with Gasteiger partial charge in [0.1, 0.15) is 11.6 Å². The van der Waals surface area contributed by atoms with Crippen LogP contribution in [0.1, 0.15) is 106 Å². The maximum absolute atomic E-state index is 12.5. The molecule has 4 heteroatoms. The molecule has 0 aliphatic heterocycles. The van der Waals surface area contributed by atoms with Crippen molar-refractivity contribution in [3.63, 3.8) is 0 Å². The highest BCUT2D eigenvalue weighted by Gasteiger charge is 2.29. The molecule has 0 spiro atoms. The smallest absolute Gasteiger partial charge is 0.149 e. The number of fused-ring (bicyclic) bond motifs is 1. The Morgan fingerprint density at radius 2 is 1.12 bits per heavy atom. The molecular weight excluding hydrogens is 815 g/mol. The van der Waals surface area contributed by atoms with Crippen LogP contribution < -0.4 is 0 Å². The monoisotopic (exact) mass is 879 g/mol. The van der Waals surface area contributed by atoms with Crippen LogP contribution in [0.25, 0.3) is 83.9 Å². The number of aromatic hydroxyl groups is 1. The lowest BCUT2D eigenvalue weighted by molar-refractivity contribution is 0.446. The van der Waals surface area contributed by atoms with Gasteiger partial charge in [-0.2, -0.15) is 0 Å². The highest BCUT2D eigenvalue weighted by Crippen LogP contribution is 2.46. The Balaban J connectivity index is 1.31. The number of pyridine rings is 1. The van der Waals surface area contributed by atoms with Crippen molar-refractivity contribution in [3.8, 4) is 78.6 Å². The zero-order chi connectivity index (χ0) is 48.3. The summed E-state index contributed by atoms with van der Waals surface area (Å²) in [5.41, 5.74) is 17.5. The van der Waals surface area contributed by atoms with Crippen LogP contribution >= 0.6 is 0 Å². The zero-order valence-electron chi connectivity index (χ0n) is 42.0. The van der Waals surface area contributed by atoms with E-state index in [1.165, 1.54) is 16.7 Å². The predicted molar refractivity (Wildman–Crippen MR) is 283 cm³/mol. The van der Waals surface area contributed by atoms with Crippen molar-refractivity contribution in [2.24, 2.45) is 0 Å². The normalized spacial score (nSPS) is 12.7. The van der Waals surface area contributed by atoms with Crippen LogP contribution in [0.5, 0.6) is 5.75 Å². The molecule has 0 radical (unpaired) electrons. The van der Waals surface area contributed by atoms with Crippen molar-refractivity contribution >= 4 is 11.0 Å². The molecule has 0 aliphatic rings. The van der Waals surface area contributed by atoms with E-state index < -0.39 is 5.89 Å². The fraction of sp³-hybridized carbons (Fsp3) is 0.238. The van der Waals surface area contributed by atoms with Crippen molar-refractivity contribution in [2.75, 3.05) is 0 Å². The van der Waals surface area contributed by atoms with E-state index in [4.69, 9.17) is 11.3 Å². The van der Waals surface area contributed by atoms with Crippen molar-refractivity contribution in [2.45, 2.75) is 98.3 Å². The Kier molecular flexibility index (Phi) is 11.3. The van der Waals surface area contributed by atoms with Gasteiger partial charge in [0.25, 0.3) is 0 Å². The lowest BCUT2D eigenvalue weighted by Crippen LogP contribution is -2.17. The molecule has 0 fully saturated rings. The Morgan fingerprint density at radius 1 is 0.493 bits per heavy atom. The van der Waals surface area contributed by atoms with Crippen molar-refractivity contribution in [1.82, 2.24) is 14.5 Å². The van der Waals surface area contributed by atoms with Crippen LogP contribution in [0.3, 0.4) is 0 Å². The second-order valence-corrected chi connectivity index (χ2v) is 21.4. The van der Waals surface area contributed by atoms with Gasteiger partial charge in [0, 0.05) is 29.9 Å². The number of hydrogen-bond donors (Lipinski definition) is 1. The highest BCUT2D eigenvalue weighted by molar-refractivity contribution is 5.98. The summed E-state index contributed by atoms with van der Waals surface area (Å²) in [6, 6.07) is 57.9. The summed E-state index contributed by atoms with van der Waals surface area (Å²) in [7, 11) is 0. The summed E-state index contributed by atoms with van der Waals surface area (Å²) in [6.07, 6.45) is 1.88. The first-order valence-electron chi connectivity index (χ1n) is 24.0. The van der Waals surface area contributed by atoms with Gasteiger partial charge in [-0.25, -0.2) is 4.98 Å². The van der Waals surface area contributed by atoms with Crippen molar-refractivity contribution < 1.29 is 6.48 Å². The van der Waals surface area contributed by atoms with Gasteiger partial charge in [-0.05, 0) is 132 Å². The second kappa shape index (κ2) is 17.3. The number of phenolic OH excluding ortho intramolecular Hbond substituents is 1. The third-order valence-corrected chi connectivity index (χ3v) is 13.1. The van der Waals surface area contributed by atoms with E-state index >= 15 is 0 Å². The van der Waals surface area contributed by atoms with E-state index in [0.717, 1.165) is 78.0 Å². The van der Waals surface area contributed by atoms with Gasteiger partial charge in [-0.1, -0.05) is 185 Å². The molecule has 2 aromatic heterocycles. The average molecular weight is 879 g/mol.